The maximum absolute atomic E-state index is 12.0. The summed E-state index contributed by atoms with van der Waals surface area (Å²) in [5.41, 5.74) is -0.131. The first-order valence-electron chi connectivity index (χ1n) is 5.40. The zero-order valence-electron chi connectivity index (χ0n) is 9.46. The number of amides is 1. The maximum atomic E-state index is 12.0. The van der Waals surface area contributed by atoms with Crippen LogP contribution in [0.3, 0.4) is 0 Å². The largest absolute Gasteiger partial charge is 0.479 e. The van der Waals surface area contributed by atoms with Gasteiger partial charge >= 0.3 is 5.97 Å². The molecule has 1 saturated heterocycles. The van der Waals surface area contributed by atoms with E-state index in [1.54, 1.807) is 0 Å². The van der Waals surface area contributed by atoms with E-state index in [-0.39, 0.29) is 30.2 Å². The molecule has 0 radical (unpaired) electrons. The Morgan fingerprint density at radius 1 is 1.50 bits per heavy atom. The number of carbonyl (C=O) groups excluding carboxylic acids is 1. The van der Waals surface area contributed by atoms with Crippen molar-refractivity contribution in [2.24, 2.45) is 0 Å². The van der Waals surface area contributed by atoms with Gasteiger partial charge in [-0.15, -0.1) is 0 Å². The number of ether oxygens (including phenoxy) is 1. The Labute approximate surface area is 102 Å². The van der Waals surface area contributed by atoms with E-state index in [1.165, 1.54) is 23.2 Å². The topological polar surface area (TPSA) is 99.7 Å². The van der Waals surface area contributed by atoms with E-state index in [9.17, 15) is 14.4 Å². The van der Waals surface area contributed by atoms with Crippen LogP contribution in [0, 0.1) is 0 Å². The van der Waals surface area contributed by atoms with Crippen LogP contribution >= 0.6 is 0 Å². The van der Waals surface area contributed by atoms with Crippen molar-refractivity contribution >= 4 is 11.9 Å². The number of hydrogen-bond donors (Lipinski definition) is 2. The standard InChI is InChI=1S/C11H12N2O5/c14-9-5-7(1-2-12-9)10(15)13-3-4-18-8(6-13)11(16)17/h1-2,5,8H,3-4,6H2,(H,12,14)(H,16,17). The Balaban J connectivity index is 2.14. The minimum absolute atomic E-state index is 0.0129. The van der Waals surface area contributed by atoms with Crippen molar-refractivity contribution in [2.75, 3.05) is 19.7 Å². The summed E-state index contributed by atoms with van der Waals surface area (Å²) in [4.78, 5) is 37.7. The van der Waals surface area contributed by atoms with E-state index in [0.717, 1.165) is 0 Å². The van der Waals surface area contributed by atoms with Gasteiger partial charge < -0.3 is 19.7 Å². The lowest BCUT2D eigenvalue weighted by Gasteiger charge is -2.30. The van der Waals surface area contributed by atoms with Gasteiger partial charge in [-0.05, 0) is 6.07 Å². The number of nitrogens with one attached hydrogen (secondary N) is 1. The molecule has 0 aromatic carbocycles. The lowest BCUT2D eigenvalue weighted by molar-refractivity contribution is -0.154. The van der Waals surface area contributed by atoms with Crippen LogP contribution in [-0.2, 0) is 9.53 Å². The van der Waals surface area contributed by atoms with Crippen molar-refractivity contribution < 1.29 is 19.4 Å². The molecule has 1 aromatic rings. The van der Waals surface area contributed by atoms with Gasteiger partial charge in [0.15, 0.2) is 6.10 Å². The van der Waals surface area contributed by atoms with Crippen molar-refractivity contribution in [1.82, 2.24) is 9.88 Å². The van der Waals surface area contributed by atoms with E-state index in [0.29, 0.717) is 6.54 Å². The van der Waals surface area contributed by atoms with Gasteiger partial charge in [0.2, 0.25) is 5.56 Å². The minimum atomic E-state index is -1.10. The van der Waals surface area contributed by atoms with Gasteiger partial charge in [0.05, 0.1) is 13.2 Å². The SMILES string of the molecule is O=C(O)C1CN(C(=O)c2cc[nH]c(=O)c2)CCO1. The van der Waals surface area contributed by atoms with E-state index in [1.807, 2.05) is 0 Å². The van der Waals surface area contributed by atoms with E-state index in [4.69, 9.17) is 9.84 Å². The van der Waals surface area contributed by atoms with Crippen LogP contribution < -0.4 is 5.56 Å². The number of pyridine rings is 1. The van der Waals surface area contributed by atoms with Gasteiger partial charge in [-0.1, -0.05) is 0 Å². The third-order valence-corrected chi connectivity index (χ3v) is 2.65. The summed E-state index contributed by atoms with van der Waals surface area (Å²) >= 11 is 0. The molecule has 0 aliphatic carbocycles. The van der Waals surface area contributed by atoms with Crippen LogP contribution in [0.5, 0.6) is 0 Å². The Morgan fingerprint density at radius 3 is 2.94 bits per heavy atom. The van der Waals surface area contributed by atoms with Crippen LogP contribution in [0.25, 0.3) is 0 Å². The summed E-state index contributed by atoms with van der Waals surface area (Å²) in [6.45, 7) is 0.474. The van der Waals surface area contributed by atoms with Crippen LogP contribution in [-0.4, -0.2) is 52.7 Å². The molecule has 0 spiro atoms. The van der Waals surface area contributed by atoms with E-state index >= 15 is 0 Å². The number of hydrogen-bond acceptors (Lipinski definition) is 4. The lowest BCUT2D eigenvalue weighted by Crippen LogP contribution is -2.48. The van der Waals surface area contributed by atoms with Crippen molar-refractivity contribution in [3.8, 4) is 0 Å². The summed E-state index contributed by atoms with van der Waals surface area (Å²) < 4.78 is 5.02. The fraction of sp³-hybridized carbons (Fsp3) is 0.364. The molecule has 7 heteroatoms. The number of aromatic amines is 1. The quantitative estimate of drug-likeness (QED) is 0.725. The Morgan fingerprint density at radius 2 is 2.28 bits per heavy atom. The molecule has 96 valence electrons. The highest BCUT2D eigenvalue weighted by Gasteiger charge is 2.29. The normalized spacial score (nSPS) is 19.6. The van der Waals surface area contributed by atoms with E-state index < -0.39 is 12.1 Å². The predicted molar refractivity (Wildman–Crippen MR) is 60.3 cm³/mol. The highest BCUT2D eigenvalue weighted by Crippen LogP contribution is 2.09. The number of rotatable bonds is 2. The van der Waals surface area contributed by atoms with Gasteiger partial charge in [0.1, 0.15) is 0 Å². The number of nitrogens with zero attached hydrogens (tertiary/aromatic N) is 1. The summed E-state index contributed by atoms with van der Waals surface area (Å²) in [7, 11) is 0. The molecule has 1 aliphatic heterocycles. The predicted octanol–water partition coefficient (Wildman–Crippen LogP) is -0.700. The highest BCUT2D eigenvalue weighted by molar-refractivity contribution is 5.94. The molecule has 1 amide bonds. The molecule has 0 bridgehead atoms. The number of H-pyrrole nitrogens is 1. The zero-order chi connectivity index (χ0) is 13.1. The number of aliphatic carboxylic acids is 1. The third kappa shape index (κ3) is 2.57. The van der Waals surface area contributed by atoms with Crippen LogP contribution in [0.1, 0.15) is 10.4 Å². The Kier molecular flexibility index (Phi) is 3.42. The molecule has 18 heavy (non-hydrogen) atoms. The first-order valence-corrected chi connectivity index (χ1v) is 5.40. The molecule has 2 N–H and O–H groups in total. The zero-order valence-corrected chi connectivity index (χ0v) is 9.46. The number of aromatic nitrogens is 1. The molecule has 2 rings (SSSR count). The number of carboxylic acids is 1. The molecule has 1 aromatic heterocycles. The molecular formula is C11H12N2O5. The second-order valence-electron chi connectivity index (χ2n) is 3.89. The fourth-order valence-electron chi connectivity index (χ4n) is 1.74. The van der Waals surface area contributed by atoms with Gasteiger partial charge in [-0.2, -0.15) is 0 Å². The van der Waals surface area contributed by atoms with Gasteiger partial charge in [-0.3, -0.25) is 9.59 Å². The first-order chi connectivity index (χ1) is 8.58. The van der Waals surface area contributed by atoms with Crippen LogP contribution in [0.15, 0.2) is 23.1 Å². The smallest absolute Gasteiger partial charge is 0.334 e. The summed E-state index contributed by atoms with van der Waals surface area (Å²) in [5, 5.41) is 8.83. The molecule has 1 fully saturated rings. The van der Waals surface area contributed by atoms with Gasteiger partial charge in [0.25, 0.3) is 5.91 Å². The molecule has 7 nitrogen and oxygen atoms in total. The number of carbonyl (C=O) groups is 2. The third-order valence-electron chi connectivity index (χ3n) is 2.65. The monoisotopic (exact) mass is 252 g/mol. The van der Waals surface area contributed by atoms with Gasteiger partial charge in [-0.25, -0.2) is 4.79 Å². The molecule has 1 atom stereocenters. The second-order valence-corrected chi connectivity index (χ2v) is 3.89. The van der Waals surface area contributed by atoms with Crippen LogP contribution in [0.4, 0.5) is 0 Å². The Bertz CT molecular complexity index is 524. The molecule has 1 aliphatic rings. The first kappa shape index (κ1) is 12.3. The molecular weight excluding hydrogens is 240 g/mol. The minimum Gasteiger partial charge on any atom is -0.479 e. The average molecular weight is 252 g/mol. The molecule has 2 heterocycles. The molecule has 1 unspecified atom stereocenters. The summed E-state index contributed by atoms with van der Waals surface area (Å²) in [5.74, 6) is -1.46. The number of carboxylic acid groups (broad SMARTS) is 1. The van der Waals surface area contributed by atoms with Crippen molar-refractivity contribution in [2.45, 2.75) is 6.10 Å². The fourth-order valence-corrected chi connectivity index (χ4v) is 1.74. The van der Waals surface area contributed by atoms with Crippen LogP contribution in [0.2, 0.25) is 0 Å². The van der Waals surface area contributed by atoms with Gasteiger partial charge in [0, 0.05) is 24.4 Å². The highest BCUT2D eigenvalue weighted by atomic mass is 16.5. The van der Waals surface area contributed by atoms with E-state index in [2.05, 4.69) is 4.98 Å². The Hall–Kier alpha value is -2.15. The average Bonchev–Trinajstić information content (AvgIpc) is 2.38. The molecule has 0 saturated carbocycles. The second kappa shape index (κ2) is 5.01. The number of morpholine rings is 1. The van der Waals surface area contributed by atoms with Crippen molar-refractivity contribution in [3.63, 3.8) is 0 Å². The maximum Gasteiger partial charge on any atom is 0.334 e. The summed E-state index contributed by atoms with van der Waals surface area (Å²) in [6.07, 6.45) is 0.370. The summed E-state index contributed by atoms with van der Waals surface area (Å²) in [6, 6.07) is 2.67. The van der Waals surface area contributed by atoms with Crippen molar-refractivity contribution in [3.05, 3.63) is 34.2 Å². The van der Waals surface area contributed by atoms with Crippen molar-refractivity contribution in [1.29, 1.82) is 0 Å². The lowest BCUT2D eigenvalue weighted by atomic mass is 10.2.